The number of aromatic hydroxyl groups is 2. The maximum absolute atomic E-state index is 9.95. The van der Waals surface area contributed by atoms with Crippen LogP contribution in [-0.4, -0.2) is 47.9 Å². The Bertz CT molecular complexity index is 726. The van der Waals surface area contributed by atoms with Crippen molar-refractivity contribution in [2.45, 2.75) is 12.2 Å². The molecule has 0 unspecified atom stereocenters. The van der Waals surface area contributed by atoms with Crippen LogP contribution in [0.4, 0.5) is 0 Å². The maximum atomic E-state index is 9.95. The first-order valence-electron chi connectivity index (χ1n) is 8.65. The lowest BCUT2D eigenvalue weighted by molar-refractivity contribution is 0.0183. The number of benzene rings is 2. The molecule has 4 atom stereocenters. The Morgan fingerprint density at radius 2 is 1.19 bits per heavy atom. The number of rotatable bonds is 6. The van der Waals surface area contributed by atoms with Gasteiger partial charge in [0.25, 0.3) is 0 Å². The minimum atomic E-state index is -0.494. The van der Waals surface area contributed by atoms with E-state index in [0.717, 1.165) is 11.1 Å². The molecule has 7 nitrogen and oxygen atoms in total. The van der Waals surface area contributed by atoms with E-state index in [1.807, 2.05) is 0 Å². The van der Waals surface area contributed by atoms with Crippen molar-refractivity contribution in [1.29, 1.82) is 0 Å². The van der Waals surface area contributed by atoms with Crippen LogP contribution in [0.3, 0.4) is 0 Å². The molecule has 2 aromatic rings. The number of hydrogen-bond acceptors (Lipinski definition) is 7. The van der Waals surface area contributed by atoms with Gasteiger partial charge in [-0.25, -0.2) is 0 Å². The summed E-state index contributed by atoms with van der Waals surface area (Å²) < 4.78 is 16.5. The zero-order chi connectivity index (χ0) is 19.6. The lowest BCUT2D eigenvalue weighted by atomic mass is 9.83. The largest absolute Gasteiger partial charge is 0.504 e. The molecule has 0 radical (unpaired) electrons. The van der Waals surface area contributed by atoms with Crippen LogP contribution in [0.2, 0.25) is 0 Å². The molecule has 1 aliphatic heterocycles. The van der Waals surface area contributed by atoms with Crippen molar-refractivity contribution in [3.63, 3.8) is 0 Å². The molecular formula is C20H24O7. The second kappa shape index (κ2) is 8.04. The fourth-order valence-electron chi connectivity index (χ4n) is 3.66. The van der Waals surface area contributed by atoms with Crippen LogP contribution in [0, 0.1) is 11.8 Å². The zero-order valence-corrected chi connectivity index (χ0v) is 15.2. The van der Waals surface area contributed by atoms with Gasteiger partial charge in [-0.3, -0.25) is 0 Å². The van der Waals surface area contributed by atoms with Crippen molar-refractivity contribution in [3.8, 4) is 23.0 Å². The molecule has 0 aromatic heterocycles. The Labute approximate surface area is 157 Å². The van der Waals surface area contributed by atoms with Crippen molar-refractivity contribution in [1.82, 2.24) is 0 Å². The third-order valence-electron chi connectivity index (χ3n) is 5.11. The predicted octanol–water partition coefficient (Wildman–Crippen LogP) is 2.14. The number of methoxy groups -OCH3 is 2. The molecule has 146 valence electrons. The molecule has 1 aliphatic rings. The number of aliphatic hydroxyl groups excluding tert-OH is 2. The highest BCUT2D eigenvalue weighted by molar-refractivity contribution is 5.44. The van der Waals surface area contributed by atoms with Gasteiger partial charge in [-0.05, 0) is 35.4 Å². The van der Waals surface area contributed by atoms with Gasteiger partial charge < -0.3 is 34.6 Å². The molecule has 0 spiro atoms. The zero-order valence-electron chi connectivity index (χ0n) is 15.2. The van der Waals surface area contributed by atoms with Gasteiger partial charge >= 0.3 is 0 Å². The third kappa shape index (κ3) is 3.53. The topological polar surface area (TPSA) is 109 Å². The average molecular weight is 376 g/mol. The molecule has 4 N–H and O–H groups in total. The number of phenolic OH excluding ortho intramolecular Hbond substituents is 2. The molecule has 27 heavy (non-hydrogen) atoms. The summed E-state index contributed by atoms with van der Waals surface area (Å²) in [6.45, 7) is -0.352. The monoisotopic (exact) mass is 376 g/mol. The Morgan fingerprint density at radius 3 is 1.52 bits per heavy atom. The minimum Gasteiger partial charge on any atom is -0.504 e. The molecule has 3 rings (SSSR count). The molecular weight excluding hydrogens is 352 g/mol. The first kappa shape index (κ1) is 19.3. The molecule has 0 bridgehead atoms. The fourth-order valence-corrected chi connectivity index (χ4v) is 3.66. The Balaban J connectivity index is 1.98. The fraction of sp³-hybridized carbons (Fsp3) is 0.400. The molecule has 0 amide bonds. The summed E-state index contributed by atoms with van der Waals surface area (Å²) in [5, 5.41) is 39.5. The van der Waals surface area contributed by atoms with Crippen molar-refractivity contribution in [3.05, 3.63) is 47.5 Å². The first-order valence-corrected chi connectivity index (χ1v) is 8.65. The van der Waals surface area contributed by atoms with E-state index in [2.05, 4.69) is 0 Å². The summed E-state index contributed by atoms with van der Waals surface area (Å²) in [6.07, 6.45) is -0.988. The summed E-state index contributed by atoms with van der Waals surface area (Å²) in [5.74, 6) is -0.0640. The van der Waals surface area contributed by atoms with Crippen LogP contribution in [0.5, 0.6) is 23.0 Å². The van der Waals surface area contributed by atoms with Crippen LogP contribution in [0.25, 0.3) is 0 Å². The van der Waals surface area contributed by atoms with Gasteiger partial charge in [-0.1, -0.05) is 12.1 Å². The summed E-state index contributed by atoms with van der Waals surface area (Å²) in [4.78, 5) is 0. The molecule has 2 aromatic carbocycles. The number of phenols is 2. The van der Waals surface area contributed by atoms with Gasteiger partial charge in [0.2, 0.25) is 0 Å². The van der Waals surface area contributed by atoms with Gasteiger partial charge in [-0.15, -0.1) is 0 Å². The van der Waals surface area contributed by atoms with Crippen molar-refractivity contribution >= 4 is 0 Å². The quantitative estimate of drug-likeness (QED) is 0.612. The highest BCUT2D eigenvalue weighted by Gasteiger charge is 2.45. The van der Waals surface area contributed by atoms with E-state index in [1.165, 1.54) is 26.4 Å². The van der Waals surface area contributed by atoms with Crippen molar-refractivity contribution in [2.75, 3.05) is 27.4 Å². The van der Waals surface area contributed by atoms with Crippen molar-refractivity contribution in [2.24, 2.45) is 11.8 Å². The SMILES string of the molecule is COc1cc([C@H]2O[C@H](c3ccc(O)c(OC)c3)[C@H](CO)[C@H]2CO)ccc1O. The van der Waals surface area contributed by atoms with E-state index in [1.54, 1.807) is 24.3 Å². The molecule has 0 aliphatic carbocycles. The van der Waals surface area contributed by atoms with Gasteiger partial charge in [-0.2, -0.15) is 0 Å². The second-order valence-electron chi connectivity index (χ2n) is 6.53. The van der Waals surface area contributed by atoms with E-state index in [-0.39, 0.29) is 36.5 Å². The Kier molecular flexibility index (Phi) is 5.74. The average Bonchev–Trinajstić information content (AvgIpc) is 3.07. The number of aliphatic hydroxyl groups is 2. The Morgan fingerprint density at radius 1 is 0.778 bits per heavy atom. The first-order chi connectivity index (χ1) is 13.0. The second-order valence-corrected chi connectivity index (χ2v) is 6.53. The normalized spacial score (nSPS) is 24.7. The molecule has 0 saturated carbocycles. The van der Waals surface area contributed by atoms with Crippen LogP contribution in [0.1, 0.15) is 23.3 Å². The molecule has 1 fully saturated rings. The van der Waals surface area contributed by atoms with Gasteiger partial charge in [0.05, 0.1) is 26.4 Å². The van der Waals surface area contributed by atoms with Crippen LogP contribution in [0.15, 0.2) is 36.4 Å². The van der Waals surface area contributed by atoms with E-state index in [9.17, 15) is 20.4 Å². The Hall–Kier alpha value is -2.48. The van der Waals surface area contributed by atoms with Crippen LogP contribution < -0.4 is 9.47 Å². The smallest absolute Gasteiger partial charge is 0.160 e. The van der Waals surface area contributed by atoms with E-state index in [4.69, 9.17) is 14.2 Å². The number of ether oxygens (including phenoxy) is 3. The summed E-state index contributed by atoms with van der Waals surface area (Å²) in [6, 6.07) is 9.76. The highest BCUT2D eigenvalue weighted by atomic mass is 16.5. The minimum absolute atomic E-state index is 0.0123. The van der Waals surface area contributed by atoms with Gasteiger partial charge in [0.15, 0.2) is 23.0 Å². The molecule has 1 saturated heterocycles. The standard InChI is InChI=1S/C20H24O7/c1-25-17-7-11(3-5-15(17)23)19-13(9-21)14(10-22)20(27-19)12-4-6-16(24)18(8-12)26-2/h3-8,13-14,19-24H,9-10H2,1-2H3/t13-,14-,19-,20-/m1/s1. The van der Waals surface area contributed by atoms with Gasteiger partial charge in [0, 0.05) is 25.0 Å². The third-order valence-corrected chi connectivity index (χ3v) is 5.11. The van der Waals surface area contributed by atoms with E-state index in [0.29, 0.717) is 11.5 Å². The van der Waals surface area contributed by atoms with E-state index >= 15 is 0 Å². The lowest BCUT2D eigenvalue weighted by Gasteiger charge is -2.21. The maximum Gasteiger partial charge on any atom is 0.160 e. The molecule has 7 heteroatoms. The van der Waals surface area contributed by atoms with E-state index < -0.39 is 12.2 Å². The predicted molar refractivity (Wildman–Crippen MR) is 97.0 cm³/mol. The van der Waals surface area contributed by atoms with Crippen LogP contribution in [-0.2, 0) is 4.74 Å². The lowest BCUT2D eigenvalue weighted by Crippen LogP contribution is -2.23. The highest BCUT2D eigenvalue weighted by Crippen LogP contribution is 2.50. The number of hydrogen-bond donors (Lipinski definition) is 4. The summed E-state index contributed by atoms with van der Waals surface area (Å²) in [7, 11) is 2.92. The van der Waals surface area contributed by atoms with Crippen LogP contribution >= 0.6 is 0 Å². The summed E-state index contributed by atoms with van der Waals surface area (Å²) >= 11 is 0. The summed E-state index contributed by atoms with van der Waals surface area (Å²) in [5.41, 5.74) is 1.46. The molecule has 1 heterocycles. The van der Waals surface area contributed by atoms with Gasteiger partial charge in [0.1, 0.15) is 0 Å². The van der Waals surface area contributed by atoms with Crippen molar-refractivity contribution < 1.29 is 34.6 Å².